The van der Waals surface area contributed by atoms with Gasteiger partial charge in [0.2, 0.25) is 0 Å². The minimum absolute atomic E-state index is 0.0619. The third kappa shape index (κ3) is 3.88. The first-order valence-corrected chi connectivity index (χ1v) is 6.29. The molecule has 0 N–H and O–H groups in total. The maximum atomic E-state index is 12.3. The highest BCUT2D eigenvalue weighted by molar-refractivity contribution is 6.29. The van der Waals surface area contributed by atoms with Crippen LogP contribution in [0.1, 0.15) is 10.5 Å². The summed E-state index contributed by atoms with van der Waals surface area (Å²) in [5.41, 5.74) is 0.495. The standard InChI is InChI=1S/C14H9ClF3NO3/c1-21-13(20)12-10(5-6-11(15)19-12)8-3-2-4-9(7-8)22-14(16,17)18/h2-7H,1H3. The number of carbonyl (C=O) groups excluding carboxylic acids is 1. The van der Waals surface area contributed by atoms with Crippen molar-refractivity contribution in [3.8, 4) is 16.9 Å². The van der Waals surface area contributed by atoms with Gasteiger partial charge in [-0.3, -0.25) is 0 Å². The molecule has 0 spiro atoms. The van der Waals surface area contributed by atoms with Crippen LogP contribution in [0.4, 0.5) is 13.2 Å². The molecule has 0 aliphatic carbocycles. The first-order valence-electron chi connectivity index (χ1n) is 5.91. The van der Waals surface area contributed by atoms with E-state index in [1.807, 2.05) is 0 Å². The van der Waals surface area contributed by atoms with Crippen LogP contribution in [-0.2, 0) is 4.74 Å². The van der Waals surface area contributed by atoms with Gasteiger partial charge in [-0.15, -0.1) is 13.2 Å². The van der Waals surface area contributed by atoms with E-state index in [9.17, 15) is 18.0 Å². The molecule has 0 saturated heterocycles. The molecule has 116 valence electrons. The molecule has 4 nitrogen and oxygen atoms in total. The van der Waals surface area contributed by atoms with Gasteiger partial charge in [-0.05, 0) is 29.8 Å². The van der Waals surface area contributed by atoms with Gasteiger partial charge < -0.3 is 9.47 Å². The smallest absolute Gasteiger partial charge is 0.464 e. The molecule has 0 radical (unpaired) electrons. The van der Waals surface area contributed by atoms with Crippen LogP contribution < -0.4 is 4.74 Å². The normalized spacial score (nSPS) is 11.1. The van der Waals surface area contributed by atoms with Crippen LogP contribution in [0.25, 0.3) is 11.1 Å². The summed E-state index contributed by atoms with van der Waals surface area (Å²) in [4.78, 5) is 15.6. The van der Waals surface area contributed by atoms with Crippen LogP contribution >= 0.6 is 11.6 Å². The van der Waals surface area contributed by atoms with Crippen molar-refractivity contribution in [3.05, 3.63) is 47.2 Å². The maximum Gasteiger partial charge on any atom is 0.573 e. The molecular formula is C14H9ClF3NO3. The lowest BCUT2D eigenvalue weighted by Gasteiger charge is -2.11. The van der Waals surface area contributed by atoms with Crippen molar-refractivity contribution in [2.24, 2.45) is 0 Å². The van der Waals surface area contributed by atoms with E-state index < -0.39 is 18.1 Å². The lowest BCUT2D eigenvalue weighted by molar-refractivity contribution is -0.274. The zero-order valence-corrected chi connectivity index (χ0v) is 11.9. The zero-order chi connectivity index (χ0) is 16.3. The number of halogens is 4. The Labute approximate surface area is 128 Å². The van der Waals surface area contributed by atoms with Crippen LogP contribution in [0.15, 0.2) is 36.4 Å². The molecule has 0 atom stereocenters. The van der Waals surface area contributed by atoms with Crippen molar-refractivity contribution in [1.82, 2.24) is 4.98 Å². The zero-order valence-electron chi connectivity index (χ0n) is 11.1. The third-order valence-corrected chi connectivity index (χ3v) is 2.83. The third-order valence-electron chi connectivity index (χ3n) is 2.62. The average molecular weight is 332 g/mol. The molecule has 0 fully saturated rings. The van der Waals surface area contributed by atoms with Gasteiger partial charge in [0, 0.05) is 5.56 Å². The molecule has 0 amide bonds. The summed E-state index contributed by atoms with van der Waals surface area (Å²) in [5.74, 6) is -1.16. The number of ether oxygens (including phenoxy) is 2. The SMILES string of the molecule is COC(=O)c1nc(Cl)ccc1-c1cccc(OC(F)(F)F)c1. The highest BCUT2D eigenvalue weighted by Gasteiger charge is 2.31. The Morgan fingerprint density at radius 3 is 2.59 bits per heavy atom. The fourth-order valence-corrected chi connectivity index (χ4v) is 1.93. The molecule has 0 saturated carbocycles. The van der Waals surface area contributed by atoms with E-state index >= 15 is 0 Å². The van der Waals surface area contributed by atoms with Crippen molar-refractivity contribution in [2.75, 3.05) is 7.11 Å². The van der Waals surface area contributed by atoms with Crippen LogP contribution in [0.2, 0.25) is 5.15 Å². The Kier molecular flexibility index (Phi) is 4.56. The number of benzene rings is 1. The van der Waals surface area contributed by atoms with Gasteiger partial charge in [-0.25, -0.2) is 9.78 Å². The summed E-state index contributed by atoms with van der Waals surface area (Å²) in [6, 6.07) is 8.06. The van der Waals surface area contributed by atoms with Gasteiger partial charge in [0.15, 0.2) is 5.69 Å². The number of hydrogen-bond acceptors (Lipinski definition) is 4. The number of esters is 1. The van der Waals surface area contributed by atoms with Crippen molar-refractivity contribution < 1.29 is 27.4 Å². The van der Waals surface area contributed by atoms with Crippen molar-refractivity contribution >= 4 is 17.6 Å². The number of aromatic nitrogens is 1. The summed E-state index contributed by atoms with van der Waals surface area (Å²) < 4.78 is 45.2. The maximum absolute atomic E-state index is 12.3. The molecule has 0 bridgehead atoms. The van der Waals surface area contributed by atoms with E-state index in [2.05, 4.69) is 14.5 Å². The molecule has 0 unspecified atom stereocenters. The van der Waals surface area contributed by atoms with E-state index in [-0.39, 0.29) is 16.4 Å². The molecule has 8 heteroatoms. The van der Waals surface area contributed by atoms with Gasteiger partial charge in [0.25, 0.3) is 0 Å². The van der Waals surface area contributed by atoms with Gasteiger partial charge in [0.05, 0.1) is 7.11 Å². The Morgan fingerprint density at radius 2 is 1.95 bits per heavy atom. The molecule has 1 aromatic heterocycles. The van der Waals surface area contributed by atoms with Gasteiger partial charge in [-0.1, -0.05) is 23.7 Å². The summed E-state index contributed by atoms with van der Waals surface area (Å²) in [6.07, 6.45) is -4.80. The lowest BCUT2D eigenvalue weighted by Crippen LogP contribution is -2.17. The Balaban J connectivity index is 2.48. The van der Waals surface area contributed by atoms with E-state index in [1.165, 1.54) is 24.3 Å². The molecule has 2 aromatic rings. The van der Waals surface area contributed by atoms with E-state index in [0.29, 0.717) is 5.56 Å². The number of nitrogens with zero attached hydrogens (tertiary/aromatic N) is 1. The average Bonchev–Trinajstić information content (AvgIpc) is 2.44. The van der Waals surface area contributed by atoms with E-state index in [0.717, 1.165) is 19.2 Å². The first kappa shape index (κ1) is 16.1. The first-order chi connectivity index (χ1) is 10.3. The van der Waals surface area contributed by atoms with Gasteiger partial charge in [0.1, 0.15) is 10.9 Å². The number of hydrogen-bond donors (Lipinski definition) is 0. The van der Waals surface area contributed by atoms with Crippen molar-refractivity contribution in [1.29, 1.82) is 0 Å². The Bertz CT molecular complexity index is 704. The Hall–Kier alpha value is -2.28. The number of pyridine rings is 1. The molecular weight excluding hydrogens is 323 g/mol. The summed E-state index contributed by atoms with van der Waals surface area (Å²) in [5, 5.41) is 0.0619. The van der Waals surface area contributed by atoms with Gasteiger partial charge in [-0.2, -0.15) is 0 Å². The number of rotatable bonds is 3. The van der Waals surface area contributed by atoms with Crippen molar-refractivity contribution in [3.63, 3.8) is 0 Å². The largest absolute Gasteiger partial charge is 0.573 e. The van der Waals surface area contributed by atoms with E-state index in [4.69, 9.17) is 11.6 Å². The minimum atomic E-state index is -4.80. The number of carbonyl (C=O) groups is 1. The molecule has 1 aromatic carbocycles. The van der Waals surface area contributed by atoms with Crippen LogP contribution in [0, 0.1) is 0 Å². The van der Waals surface area contributed by atoms with E-state index in [1.54, 1.807) is 0 Å². The molecule has 1 heterocycles. The summed E-state index contributed by atoms with van der Waals surface area (Å²) in [7, 11) is 1.16. The van der Waals surface area contributed by atoms with Crippen molar-refractivity contribution in [2.45, 2.75) is 6.36 Å². The fourth-order valence-electron chi connectivity index (χ4n) is 1.78. The quantitative estimate of drug-likeness (QED) is 0.628. The summed E-state index contributed by atoms with van der Waals surface area (Å²) >= 11 is 5.73. The molecule has 0 aliphatic heterocycles. The highest BCUT2D eigenvalue weighted by atomic mass is 35.5. The van der Waals surface area contributed by atoms with Gasteiger partial charge >= 0.3 is 12.3 Å². The predicted octanol–water partition coefficient (Wildman–Crippen LogP) is 4.09. The second-order valence-electron chi connectivity index (χ2n) is 4.10. The molecule has 2 rings (SSSR count). The van der Waals surface area contributed by atoms with Crippen LogP contribution in [-0.4, -0.2) is 24.4 Å². The number of methoxy groups -OCH3 is 1. The highest BCUT2D eigenvalue weighted by Crippen LogP contribution is 2.30. The molecule has 0 aliphatic rings. The second-order valence-corrected chi connectivity index (χ2v) is 4.48. The summed E-state index contributed by atoms with van der Waals surface area (Å²) in [6.45, 7) is 0. The topological polar surface area (TPSA) is 48.4 Å². The Morgan fingerprint density at radius 1 is 1.23 bits per heavy atom. The van der Waals surface area contributed by atoms with Crippen LogP contribution in [0.5, 0.6) is 5.75 Å². The minimum Gasteiger partial charge on any atom is -0.464 e. The second kappa shape index (κ2) is 6.23. The monoisotopic (exact) mass is 331 g/mol. The van der Waals surface area contributed by atoms with Crippen LogP contribution in [0.3, 0.4) is 0 Å². The predicted molar refractivity (Wildman–Crippen MR) is 72.7 cm³/mol. The fraction of sp³-hybridized carbons (Fsp3) is 0.143. The molecule has 22 heavy (non-hydrogen) atoms. The number of alkyl halides is 3. The lowest BCUT2D eigenvalue weighted by atomic mass is 10.0.